The van der Waals surface area contributed by atoms with E-state index in [1.807, 2.05) is 30.3 Å². The Hall–Kier alpha value is -2.67. The minimum atomic E-state index is -0.0313. The van der Waals surface area contributed by atoms with Gasteiger partial charge in [-0.3, -0.25) is 9.69 Å². The Balaban J connectivity index is 1.31. The second-order valence-corrected chi connectivity index (χ2v) is 7.21. The average Bonchev–Trinajstić information content (AvgIpc) is 2.78. The fraction of sp³-hybridized carbons (Fsp3) is 0.500. The summed E-state index contributed by atoms with van der Waals surface area (Å²) in [6.45, 7) is 8.36. The number of hydrogen-bond donors (Lipinski definition) is 1. The highest BCUT2D eigenvalue weighted by atomic mass is 16.5. The molecule has 0 aliphatic carbocycles. The predicted molar refractivity (Wildman–Crippen MR) is 114 cm³/mol. The molecule has 1 amide bonds. The number of nitrogens with zero attached hydrogens (tertiary/aromatic N) is 4. The zero-order chi connectivity index (χ0) is 20.3. The van der Waals surface area contributed by atoms with Crippen LogP contribution in [0.3, 0.4) is 0 Å². The first-order chi connectivity index (χ1) is 14.3. The Bertz CT molecular complexity index is 731. The number of ether oxygens (including phenoxy) is 1. The molecule has 0 saturated carbocycles. The van der Waals surface area contributed by atoms with Crippen LogP contribution < -0.4 is 15.0 Å². The fourth-order valence-corrected chi connectivity index (χ4v) is 3.27. The van der Waals surface area contributed by atoms with Gasteiger partial charge in [0.1, 0.15) is 5.75 Å². The molecule has 1 aromatic heterocycles. The Kier molecular flexibility index (Phi) is 8.25. The molecule has 1 aromatic carbocycles. The molecule has 1 fully saturated rings. The molecule has 2 heterocycles. The van der Waals surface area contributed by atoms with Gasteiger partial charge in [0.15, 0.2) is 0 Å². The van der Waals surface area contributed by atoms with Crippen molar-refractivity contribution in [2.45, 2.75) is 26.2 Å². The Morgan fingerprint density at radius 1 is 1.07 bits per heavy atom. The van der Waals surface area contributed by atoms with Gasteiger partial charge in [-0.15, -0.1) is 0 Å². The molecule has 0 spiro atoms. The van der Waals surface area contributed by atoms with Gasteiger partial charge < -0.3 is 15.0 Å². The van der Waals surface area contributed by atoms with E-state index >= 15 is 0 Å². The van der Waals surface area contributed by atoms with Gasteiger partial charge in [-0.1, -0.05) is 13.3 Å². The number of anilines is 1. The summed E-state index contributed by atoms with van der Waals surface area (Å²) in [5.41, 5.74) is 0.671. The van der Waals surface area contributed by atoms with Crippen molar-refractivity contribution in [3.05, 3.63) is 48.3 Å². The zero-order valence-corrected chi connectivity index (χ0v) is 17.2. The number of rotatable bonds is 10. The zero-order valence-electron chi connectivity index (χ0n) is 17.2. The summed E-state index contributed by atoms with van der Waals surface area (Å²) >= 11 is 0. The van der Waals surface area contributed by atoms with Gasteiger partial charge >= 0.3 is 0 Å². The van der Waals surface area contributed by atoms with Crippen LogP contribution in [0.15, 0.2) is 42.7 Å². The monoisotopic (exact) mass is 397 g/mol. The van der Waals surface area contributed by atoms with E-state index in [-0.39, 0.29) is 5.91 Å². The van der Waals surface area contributed by atoms with Crippen molar-refractivity contribution >= 4 is 11.9 Å². The molecule has 0 unspecified atom stereocenters. The largest absolute Gasteiger partial charge is 0.494 e. The number of nitrogens with one attached hydrogen (secondary N) is 1. The molecule has 0 bridgehead atoms. The van der Waals surface area contributed by atoms with Crippen molar-refractivity contribution in [1.29, 1.82) is 0 Å². The number of unbranched alkanes of at least 4 members (excludes halogenated alkanes) is 1. The molecule has 156 valence electrons. The molecule has 0 atom stereocenters. The number of carbonyl (C=O) groups excluding carboxylic acids is 1. The topological polar surface area (TPSA) is 70.6 Å². The molecule has 29 heavy (non-hydrogen) atoms. The standard InChI is InChI=1S/C22H31N5O2/c1-2-3-18-29-20-8-6-19(7-9-20)21(28)23-12-5-13-26-14-16-27(17-15-26)22-24-10-4-11-25-22/h4,6-11H,2-3,5,12-18H2,1H3,(H,23,28). The van der Waals surface area contributed by atoms with E-state index < -0.39 is 0 Å². The first-order valence-electron chi connectivity index (χ1n) is 10.5. The third-order valence-electron chi connectivity index (χ3n) is 5.03. The molecule has 7 heteroatoms. The number of benzene rings is 1. The molecular formula is C22H31N5O2. The lowest BCUT2D eigenvalue weighted by Gasteiger charge is -2.34. The van der Waals surface area contributed by atoms with E-state index in [1.165, 1.54) is 0 Å². The summed E-state index contributed by atoms with van der Waals surface area (Å²) < 4.78 is 5.63. The molecule has 1 saturated heterocycles. The third-order valence-corrected chi connectivity index (χ3v) is 5.03. The van der Waals surface area contributed by atoms with E-state index in [9.17, 15) is 4.79 Å². The molecule has 1 aliphatic rings. The molecule has 1 aliphatic heterocycles. The highest BCUT2D eigenvalue weighted by Crippen LogP contribution is 2.13. The second kappa shape index (κ2) is 11.4. The molecule has 2 aromatic rings. The average molecular weight is 398 g/mol. The highest BCUT2D eigenvalue weighted by molar-refractivity contribution is 5.94. The van der Waals surface area contributed by atoms with Crippen molar-refractivity contribution < 1.29 is 9.53 Å². The van der Waals surface area contributed by atoms with Crippen LogP contribution in [0.2, 0.25) is 0 Å². The minimum Gasteiger partial charge on any atom is -0.494 e. The molecule has 3 rings (SSSR count). The van der Waals surface area contributed by atoms with Crippen LogP contribution in [0.1, 0.15) is 36.5 Å². The Labute approximate surface area is 173 Å². The smallest absolute Gasteiger partial charge is 0.251 e. The molecule has 1 N–H and O–H groups in total. The minimum absolute atomic E-state index is 0.0313. The van der Waals surface area contributed by atoms with E-state index in [4.69, 9.17) is 4.74 Å². The van der Waals surface area contributed by atoms with Crippen molar-refractivity contribution in [3.63, 3.8) is 0 Å². The van der Waals surface area contributed by atoms with Gasteiger partial charge in [0.2, 0.25) is 5.95 Å². The van der Waals surface area contributed by atoms with Gasteiger partial charge in [-0.05, 0) is 49.7 Å². The molecule has 7 nitrogen and oxygen atoms in total. The van der Waals surface area contributed by atoms with Crippen LogP contribution >= 0.6 is 0 Å². The van der Waals surface area contributed by atoms with Crippen molar-refractivity contribution in [1.82, 2.24) is 20.2 Å². The van der Waals surface area contributed by atoms with E-state index in [2.05, 4.69) is 32.0 Å². The fourth-order valence-electron chi connectivity index (χ4n) is 3.27. The Morgan fingerprint density at radius 3 is 2.48 bits per heavy atom. The van der Waals surface area contributed by atoms with Gasteiger partial charge in [0.05, 0.1) is 6.61 Å². The summed E-state index contributed by atoms with van der Waals surface area (Å²) in [4.78, 5) is 25.6. The van der Waals surface area contributed by atoms with Crippen LogP contribution in [-0.4, -0.2) is 66.7 Å². The normalized spacial score (nSPS) is 14.6. The second-order valence-electron chi connectivity index (χ2n) is 7.21. The Morgan fingerprint density at radius 2 is 1.79 bits per heavy atom. The maximum atomic E-state index is 12.3. The maximum absolute atomic E-state index is 12.3. The maximum Gasteiger partial charge on any atom is 0.251 e. The lowest BCUT2D eigenvalue weighted by atomic mass is 10.2. The summed E-state index contributed by atoms with van der Waals surface area (Å²) in [5, 5.41) is 3.01. The lowest BCUT2D eigenvalue weighted by molar-refractivity contribution is 0.0951. The van der Waals surface area contributed by atoms with Gasteiger partial charge in [-0.25, -0.2) is 9.97 Å². The van der Waals surface area contributed by atoms with Crippen LogP contribution in [0.25, 0.3) is 0 Å². The third kappa shape index (κ3) is 6.71. The summed E-state index contributed by atoms with van der Waals surface area (Å²) in [7, 11) is 0. The van der Waals surface area contributed by atoms with E-state index in [0.717, 1.165) is 63.7 Å². The van der Waals surface area contributed by atoms with Gasteiger partial charge in [-0.2, -0.15) is 0 Å². The first-order valence-corrected chi connectivity index (χ1v) is 10.5. The van der Waals surface area contributed by atoms with E-state index in [1.54, 1.807) is 12.4 Å². The van der Waals surface area contributed by atoms with Crippen LogP contribution in [0.4, 0.5) is 5.95 Å². The quantitative estimate of drug-likeness (QED) is 0.622. The number of carbonyl (C=O) groups is 1. The molecular weight excluding hydrogens is 366 g/mol. The summed E-state index contributed by atoms with van der Waals surface area (Å²) in [6.07, 6.45) is 6.65. The van der Waals surface area contributed by atoms with Gasteiger partial charge in [0, 0.05) is 50.7 Å². The summed E-state index contributed by atoms with van der Waals surface area (Å²) in [5.74, 6) is 1.59. The number of aromatic nitrogens is 2. The van der Waals surface area contributed by atoms with E-state index in [0.29, 0.717) is 18.7 Å². The first kappa shape index (κ1) is 21.0. The number of amides is 1. The van der Waals surface area contributed by atoms with Crippen LogP contribution in [0, 0.1) is 0 Å². The van der Waals surface area contributed by atoms with Crippen LogP contribution in [0.5, 0.6) is 5.75 Å². The van der Waals surface area contributed by atoms with Crippen molar-refractivity contribution in [3.8, 4) is 5.75 Å². The molecule has 0 radical (unpaired) electrons. The lowest BCUT2D eigenvalue weighted by Crippen LogP contribution is -2.47. The van der Waals surface area contributed by atoms with Crippen LogP contribution in [-0.2, 0) is 0 Å². The number of piperazine rings is 1. The predicted octanol–water partition coefficient (Wildman–Crippen LogP) is 2.60. The van der Waals surface area contributed by atoms with Crippen molar-refractivity contribution in [2.75, 3.05) is 50.8 Å². The SMILES string of the molecule is CCCCOc1ccc(C(=O)NCCCN2CCN(c3ncccn3)CC2)cc1. The van der Waals surface area contributed by atoms with Gasteiger partial charge in [0.25, 0.3) is 5.91 Å². The van der Waals surface area contributed by atoms with Crippen molar-refractivity contribution in [2.24, 2.45) is 0 Å². The summed E-state index contributed by atoms with van der Waals surface area (Å²) in [6, 6.07) is 9.20. The highest BCUT2D eigenvalue weighted by Gasteiger charge is 2.18. The number of hydrogen-bond acceptors (Lipinski definition) is 6.